The number of hydrogen-bond acceptors (Lipinski definition) is 2. The van der Waals surface area contributed by atoms with Crippen LogP contribution in [0.2, 0.25) is 0 Å². The van der Waals surface area contributed by atoms with E-state index in [2.05, 4.69) is 6.58 Å². The van der Waals surface area contributed by atoms with Gasteiger partial charge in [-0.2, -0.15) is 0 Å². The number of allylic oxidation sites excluding steroid dienone is 4. The first-order valence-corrected chi connectivity index (χ1v) is 11.1. The van der Waals surface area contributed by atoms with Crippen molar-refractivity contribution >= 4 is 20.1 Å². The number of ether oxygens (including phenoxy) is 1. The van der Waals surface area contributed by atoms with Crippen LogP contribution in [0.1, 0.15) is 52.4 Å². The monoisotopic (exact) mass is 411 g/mol. The Bertz CT molecular complexity index is 460. The SMILES string of the molecule is C=C/C=C\C(OC(C(=O)CC)C1CCCCC1)=C(/C)[CH]=[Ru][Cl]. The van der Waals surface area contributed by atoms with Gasteiger partial charge in [-0.05, 0) is 0 Å². The maximum atomic E-state index is 12.4. The number of halogens is 1. The molecule has 22 heavy (non-hydrogen) atoms. The summed E-state index contributed by atoms with van der Waals surface area (Å²) in [5.74, 6) is 1.28. The Labute approximate surface area is 145 Å². The molecule has 0 aromatic carbocycles. The Morgan fingerprint density at radius 1 is 1.41 bits per heavy atom. The summed E-state index contributed by atoms with van der Waals surface area (Å²) in [5.41, 5.74) is 0.996. The molecule has 0 aliphatic heterocycles. The zero-order valence-electron chi connectivity index (χ0n) is 13.5. The van der Waals surface area contributed by atoms with Crippen molar-refractivity contribution in [1.82, 2.24) is 0 Å². The zero-order valence-corrected chi connectivity index (χ0v) is 16.0. The molecule has 1 aliphatic rings. The molecule has 1 fully saturated rings. The van der Waals surface area contributed by atoms with Crippen LogP contribution in [-0.2, 0) is 25.2 Å². The summed E-state index contributed by atoms with van der Waals surface area (Å²) < 4.78 is 8.17. The quantitative estimate of drug-likeness (QED) is 0.320. The van der Waals surface area contributed by atoms with E-state index in [0.29, 0.717) is 12.3 Å². The molecule has 1 saturated carbocycles. The molecule has 0 aromatic heterocycles. The van der Waals surface area contributed by atoms with Crippen LogP contribution in [0.5, 0.6) is 0 Å². The van der Waals surface area contributed by atoms with E-state index in [1.54, 1.807) is 6.08 Å². The van der Waals surface area contributed by atoms with Crippen molar-refractivity contribution in [3.05, 3.63) is 36.1 Å². The van der Waals surface area contributed by atoms with E-state index in [1.807, 2.05) is 30.6 Å². The molecule has 1 aliphatic carbocycles. The first kappa shape index (κ1) is 19.5. The van der Waals surface area contributed by atoms with Gasteiger partial charge in [0.15, 0.2) is 0 Å². The molecule has 0 bridgehead atoms. The first-order valence-electron chi connectivity index (χ1n) is 7.88. The van der Waals surface area contributed by atoms with Gasteiger partial charge in [0.2, 0.25) is 0 Å². The Hall–Kier alpha value is -0.527. The summed E-state index contributed by atoms with van der Waals surface area (Å²) in [4.78, 5) is 12.4. The molecule has 0 radical (unpaired) electrons. The molecule has 1 rings (SSSR count). The summed E-state index contributed by atoms with van der Waals surface area (Å²) in [6, 6.07) is 0. The van der Waals surface area contributed by atoms with Crippen LogP contribution in [0.3, 0.4) is 0 Å². The van der Waals surface area contributed by atoms with Gasteiger partial charge in [0.05, 0.1) is 0 Å². The molecule has 0 saturated heterocycles. The standard InChI is InChI=1S/C18H26O2.ClH.Ru/c1-5-7-13-17(14(3)4)20-18(16(19)6-2)15-11-9-8-10-12-15;;/h3,5,7,13,15,18H,1,6,8-12H2,2,4H3;1H;/q;;+1/p-1/b13-7-,17-14+;;. The average Bonchev–Trinajstić information content (AvgIpc) is 2.55. The average molecular weight is 411 g/mol. The van der Waals surface area contributed by atoms with Crippen LogP contribution in [0.4, 0.5) is 0 Å². The molecule has 2 nitrogen and oxygen atoms in total. The first-order chi connectivity index (χ1) is 10.6. The summed E-state index contributed by atoms with van der Waals surface area (Å²) in [6.07, 6.45) is 11.4. The predicted octanol–water partition coefficient (Wildman–Crippen LogP) is 4.99. The van der Waals surface area contributed by atoms with Crippen molar-refractivity contribution in [3.8, 4) is 0 Å². The summed E-state index contributed by atoms with van der Waals surface area (Å²) >= 11 is -0.314. The van der Waals surface area contributed by atoms with Gasteiger partial charge < -0.3 is 0 Å². The fourth-order valence-electron chi connectivity index (χ4n) is 2.73. The van der Waals surface area contributed by atoms with Crippen molar-refractivity contribution in [2.75, 3.05) is 0 Å². The minimum absolute atomic E-state index is 0.197. The molecule has 0 aromatic rings. The normalized spacial score (nSPS) is 19.6. The van der Waals surface area contributed by atoms with E-state index < -0.39 is 0 Å². The van der Waals surface area contributed by atoms with Crippen LogP contribution < -0.4 is 0 Å². The van der Waals surface area contributed by atoms with Crippen molar-refractivity contribution in [2.45, 2.75) is 58.5 Å². The Morgan fingerprint density at radius 3 is 2.64 bits per heavy atom. The predicted molar refractivity (Wildman–Crippen MR) is 90.7 cm³/mol. The van der Waals surface area contributed by atoms with E-state index in [-0.39, 0.29) is 27.6 Å². The van der Waals surface area contributed by atoms with Crippen molar-refractivity contribution in [3.63, 3.8) is 0 Å². The van der Waals surface area contributed by atoms with Gasteiger partial charge in [0, 0.05) is 0 Å². The molecule has 1 atom stereocenters. The van der Waals surface area contributed by atoms with Crippen LogP contribution >= 0.6 is 9.69 Å². The summed E-state index contributed by atoms with van der Waals surface area (Å²) in [5, 5.41) is 0. The summed E-state index contributed by atoms with van der Waals surface area (Å²) in [7, 11) is 5.88. The van der Waals surface area contributed by atoms with Gasteiger partial charge in [-0.25, -0.2) is 0 Å². The van der Waals surface area contributed by atoms with Gasteiger partial charge in [-0.1, -0.05) is 0 Å². The van der Waals surface area contributed by atoms with Crippen LogP contribution in [0.15, 0.2) is 36.1 Å². The minimum atomic E-state index is -0.329. The molecule has 0 spiro atoms. The number of ketones is 1. The van der Waals surface area contributed by atoms with Crippen molar-refractivity contribution in [1.29, 1.82) is 0 Å². The third-order valence-electron chi connectivity index (χ3n) is 3.96. The second-order valence-corrected chi connectivity index (χ2v) is 7.37. The Morgan fingerprint density at radius 2 is 2.09 bits per heavy atom. The van der Waals surface area contributed by atoms with E-state index in [1.165, 1.54) is 19.3 Å². The third kappa shape index (κ3) is 6.30. The molecule has 125 valence electrons. The molecule has 0 heterocycles. The van der Waals surface area contributed by atoms with E-state index >= 15 is 0 Å². The number of Topliss-reactive ketones (excluding diaryl/α,β-unsaturated/α-hetero) is 1. The second-order valence-electron chi connectivity index (χ2n) is 5.58. The topological polar surface area (TPSA) is 26.3 Å². The zero-order chi connectivity index (χ0) is 16.4. The molecule has 0 N–H and O–H groups in total. The second kappa shape index (κ2) is 11.1. The van der Waals surface area contributed by atoms with Crippen molar-refractivity contribution < 1.29 is 25.2 Å². The van der Waals surface area contributed by atoms with E-state index in [0.717, 1.165) is 24.2 Å². The molecule has 4 heteroatoms. The number of carbonyl (C=O) groups excluding carboxylic acids is 1. The number of rotatable bonds is 8. The van der Waals surface area contributed by atoms with Gasteiger partial charge >= 0.3 is 146 Å². The van der Waals surface area contributed by atoms with Crippen LogP contribution in [-0.4, -0.2) is 16.5 Å². The van der Waals surface area contributed by atoms with Gasteiger partial charge in [0.25, 0.3) is 0 Å². The molecule has 0 amide bonds. The fraction of sp³-hybridized carbons (Fsp3) is 0.556. The van der Waals surface area contributed by atoms with Gasteiger partial charge in [-0.15, -0.1) is 0 Å². The van der Waals surface area contributed by atoms with E-state index in [9.17, 15) is 4.79 Å². The van der Waals surface area contributed by atoms with E-state index in [4.69, 9.17) is 14.4 Å². The summed E-state index contributed by atoms with van der Waals surface area (Å²) in [6.45, 7) is 7.59. The van der Waals surface area contributed by atoms with Gasteiger partial charge in [0.1, 0.15) is 0 Å². The molecule has 1 unspecified atom stereocenters. The number of carbonyl (C=O) groups is 1. The molecular formula is C18H26ClO2Ru. The third-order valence-corrected chi connectivity index (χ3v) is 5.36. The number of hydrogen-bond donors (Lipinski definition) is 0. The van der Waals surface area contributed by atoms with Crippen molar-refractivity contribution in [2.24, 2.45) is 5.92 Å². The Kier molecular flexibility index (Phi) is 9.83. The van der Waals surface area contributed by atoms with Crippen LogP contribution in [0, 0.1) is 5.92 Å². The molecular weight excluding hydrogens is 385 g/mol. The fourth-order valence-corrected chi connectivity index (χ4v) is 3.94. The van der Waals surface area contributed by atoms with Gasteiger partial charge in [-0.3, -0.25) is 0 Å². The maximum absolute atomic E-state index is 12.4. The van der Waals surface area contributed by atoms with Crippen LogP contribution in [0.25, 0.3) is 0 Å². The Balaban J connectivity index is 3.01.